The maximum absolute atomic E-state index is 13.3. The molecule has 2 aromatic carbocycles. The molecule has 3 nitrogen and oxygen atoms in total. The van der Waals surface area contributed by atoms with Gasteiger partial charge in [0.05, 0.1) is 5.02 Å². The topological polar surface area (TPSA) is 18.5 Å². The van der Waals surface area contributed by atoms with Crippen molar-refractivity contribution in [3.63, 3.8) is 0 Å². The third-order valence-corrected chi connectivity index (χ3v) is 5.34. The average Bonchev–Trinajstić information content (AvgIpc) is 2.66. The van der Waals surface area contributed by atoms with Crippen LogP contribution in [0.1, 0.15) is 18.1 Å². The Morgan fingerprint density at radius 2 is 1.88 bits per heavy atom. The van der Waals surface area contributed by atoms with Gasteiger partial charge in [-0.05, 0) is 48.0 Å². The van der Waals surface area contributed by atoms with Crippen molar-refractivity contribution in [1.82, 2.24) is 9.80 Å². The van der Waals surface area contributed by atoms with Gasteiger partial charge in [0.25, 0.3) is 0 Å². The predicted molar refractivity (Wildman–Crippen MR) is 110 cm³/mol. The Balaban J connectivity index is 1.53. The minimum atomic E-state index is -0.371. The summed E-state index contributed by atoms with van der Waals surface area (Å²) in [5, 5.41) is 4.34. The van der Waals surface area contributed by atoms with Crippen molar-refractivity contribution in [3.8, 4) is 0 Å². The Kier molecular flexibility index (Phi) is 6.46. The zero-order valence-corrected chi connectivity index (χ0v) is 16.4. The van der Waals surface area contributed by atoms with Crippen LogP contribution in [0.4, 0.5) is 10.1 Å². The van der Waals surface area contributed by atoms with Crippen LogP contribution in [-0.4, -0.2) is 41.1 Å². The highest BCUT2D eigenvalue weighted by molar-refractivity contribution is 7.80. The van der Waals surface area contributed by atoms with Crippen molar-refractivity contribution < 1.29 is 4.39 Å². The molecule has 0 saturated carbocycles. The second-order valence-electron chi connectivity index (χ2n) is 6.45. The van der Waals surface area contributed by atoms with Gasteiger partial charge in [0.1, 0.15) is 5.82 Å². The Hall–Kier alpha value is -1.69. The molecule has 1 saturated heterocycles. The maximum atomic E-state index is 13.3. The molecule has 6 heteroatoms. The molecule has 0 bridgehead atoms. The molecule has 26 heavy (non-hydrogen) atoms. The fraction of sp³-hybridized carbons (Fsp3) is 0.350. The normalized spacial score (nSPS) is 15.1. The third kappa shape index (κ3) is 4.72. The van der Waals surface area contributed by atoms with Gasteiger partial charge in [-0.25, -0.2) is 4.39 Å². The second kappa shape index (κ2) is 8.80. The predicted octanol–water partition coefficient (Wildman–Crippen LogP) is 4.56. The molecule has 0 radical (unpaired) electrons. The van der Waals surface area contributed by atoms with Gasteiger partial charge in [0.15, 0.2) is 5.11 Å². The first-order valence-corrected chi connectivity index (χ1v) is 9.65. The molecule has 0 aliphatic carbocycles. The molecule has 138 valence electrons. The van der Waals surface area contributed by atoms with Gasteiger partial charge >= 0.3 is 0 Å². The Morgan fingerprint density at radius 1 is 1.15 bits per heavy atom. The summed E-state index contributed by atoms with van der Waals surface area (Å²) in [6.07, 6.45) is 0.972. The molecular weight excluding hydrogens is 369 g/mol. The van der Waals surface area contributed by atoms with E-state index in [4.69, 9.17) is 23.8 Å². The number of thiocarbonyl (C=S) groups is 1. The number of aryl methyl sites for hydroxylation is 1. The second-order valence-corrected chi connectivity index (χ2v) is 7.25. The summed E-state index contributed by atoms with van der Waals surface area (Å²) in [5.74, 6) is -0.371. The number of hydrogen-bond donors (Lipinski definition) is 1. The third-order valence-electron chi connectivity index (χ3n) is 4.69. The minimum Gasteiger partial charge on any atom is -0.346 e. The lowest BCUT2D eigenvalue weighted by molar-refractivity contribution is 0.177. The van der Waals surface area contributed by atoms with Crippen molar-refractivity contribution in [2.45, 2.75) is 19.9 Å². The number of nitrogens with one attached hydrogen (secondary N) is 1. The fourth-order valence-electron chi connectivity index (χ4n) is 3.15. The van der Waals surface area contributed by atoms with Gasteiger partial charge in [-0.3, -0.25) is 4.90 Å². The van der Waals surface area contributed by atoms with Gasteiger partial charge in [-0.15, -0.1) is 0 Å². The molecule has 1 aliphatic heterocycles. The van der Waals surface area contributed by atoms with Crippen molar-refractivity contribution in [1.29, 1.82) is 0 Å². The largest absolute Gasteiger partial charge is 0.346 e. The van der Waals surface area contributed by atoms with Gasteiger partial charge in [-0.1, -0.05) is 42.8 Å². The van der Waals surface area contributed by atoms with Crippen LogP contribution in [-0.2, 0) is 13.0 Å². The molecule has 1 aliphatic rings. The summed E-state index contributed by atoms with van der Waals surface area (Å²) in [5.41, 5.74) is 3.38. The zero-order valence-electron chi connectivity index (χ0n) is 14.8. The van der Waals surface area contributed by atoms with Crippen LogP contribution in [0, 0.1) is 5.82 Å². The molecule has 0 spiro atoms. The van der Waals surface area contributed by atoms with Crippen LogP contribution in [0.15, 0.2) is 42.5 Å². The Morgan fingerprint density at radius 3 is 2.58 bits per heavy atom. The number of halogens is 2. The summed E-state index contributed by atoms with van der Waals surface area (Å²) in [6.45, 7) is 6.47. The number of nitrogens with zero attached hydrogens (tertiary/aromatic N) is 2. The highest BCUT2D eigenvalue weighted by Crippen LogP contribution is 2.19. The monoisotopic (exact) mass is 391 g/mol. The van der Waals surface area contributed by atoms with Gasteiger partial charge < -0.3 is 10.2 Å². The van der Waals surface area contributed by atoms with E-state index in [0.29, 0.717) is 0 Å². The van der Waals surface area contributed by atoms with Crippen LogP contribution in [0.3, 0.4) is 0 Å². The van der Waals surface area contributed by atoms with E-state index in [1.165, 1.54) is 11.6 Å². The van der Waals surface area contributed by atoms with Crippen LogP contribution >= 0.6 is 23.8 Å². The molecule has 1 heterocycles. The van der Waals surface area contributed by atoms with E-state index in [0.717, 1.165) is 55.5 Å². The molecule has 0 unspecified atom stereocenters. The van der Waals surface area contributed by atoms with Crippen LogP contribution < -0.4 is 5.32 Å². The van der Waals surface area contributed by atoms with E-state index in [2.05, 4.69) is 34.2 Å². The molecule has 0 aromatic heterocycles. The summed E-state index contributed by atoms with van der Waals surface area (Å²) >= 11 is 11.5. The summed E-state index contributed by atoms with van der Waals surface area (Å²) in [4.78, 5) is 4.54. The van der Waals surface area contributed by atoms with Crippen LogP contribution in [0.5, 0.6) is 0 Å². The summed E-state index contributed by atoms with van der Waals surface area (Å²) < 4.78 is 13.3. The van der Waals surface area contributed by atoms with E-state index in [-0.39, 0.29) is 10.8 Å². The van der Waals surface area contributed by atoms with Gasteiger partial charge in [-0.2, -0.15) is 0 Å². The maximum Gasteiger partial charge on any atom is 0.173 e. The minimum absolute atomic E-state index is 0.182. The number of benzene rings is 2. The number of anilines is 1. The summed E-state index contributed by atoms with van der Waals surface area (Å²) in [7, 11) is 0. The number of piperazine rings is 1. The number of rotatable bonds is 4. The van der Waals surface area contributed by atoms with E-state index >= 15 is 0 Å². The first-order chi connectivity index (χ1) is 12.6. The summed E-state index contributed by atoms with van der Waals surface area (Å²) in [6, 6.07) is 13.2. The molecule has 0 atom stereocenters. The average molecular weight is 392 g/mol. The Bertz CT molecular complexity index is 775. The molecule has 1 N–H and O–H groups in total. The van der Waals surface area contributed by atoms with Crippen molar-refractivity contribution in [2.24, 2.45) is 0 Å². The van der Waals surface area contributed by atoms with E-state index in [1.54, 1.807) is 12.1 Å². The lowest BCUT2D eigenvalue weighted by Gasteiger charge is -2.36. The van der Waals surface area contributed by atoms with Gasteiger partial charge in [0, 0.05) is 38.4 Å². The number of hydrogen-bond acceptors (Lipinski definition) is 2. The van der Waals surface area contributed by atoms with E-state index < -0.39 is 0 Å². The number of para-hydroxylation sites is 1. The zero-order chi connectivity index (χ0) is 18.5. The Labute approximate surface area is 164 Å². The first kappa shape index (κ1) is 19.1. The van der Waals surface area contributed by atoms with Crippen molar-refractivity contribution in [3.05, 3.63) is 64.4 Å². The van der Waals surface area contributed by atoms with Crippen LogP contribution in [0.25, 0.3) is 0 Å². The molecule has 3 rings (SSSR count). The van der Waals surface area contributed by atoms with Crippen LogP contribution in [0.2, 0.25) is 5.02 Å². The fourth-order valence-corrected chi connectivity index (χ4v) is 3.65. The lowest BCUT2D eigenvalue weighted by atomic mass is 10.1. The highest BCUT2D eigenvalue weighted by atomic mass is 35.5. The van der Waals surface area contributed by atoms with E-state index in [1.807, 2.05) is 12.1 Å². The van der Waals surface area contributed by atoms with Crippen molar-refractivity contribution >= 4 is 34.6 Å². The van der Waals surface area contributed by atoms with Crippen molar-refractivity contribution in [2.75, 3.05) is 31.5 Å². The standard InChI is InChI=1S/C20H23ClFN3S/c1-2-16-5-3-4-6-19(16)23-20(26)25-11-9-24(10-12-25)14-15-7-8-18(22)17(21)13-15/h3-8,13H,2,9-12,14H2,1H3,(H,23,26). The van der Waals surface area contributed by atoms with E-state index in [9.17, 15) is 4.39 Å². The first-order valence-electron chi connectivity index (χ1n) is 8.87. The SMILES string of the molecule is CCc1ccccc1NC(=S)N1CCN(Cc2ccc(F)c(Cl)c2)CC1. The van der Waals surface area contributed by atoms with Gasteiger partial charge in [0.2, 0.25) is 0 Å². The smallest absolute Gasteiger partial charge is 0.173 e. The molecule has 1 fully saturated rings. The molecule has 0 amide bonds. The lowest BCUT2D eigenvalue weighted by Crippen LogP contribution is -2.49. The highest BCUT2D eigenvalue weighted by Gasteiger charge is 2.19. The molecule has 2 aromatic rings. The quantitative estimate of drug-likeness (QED) is 0.770. The molecular formula is C20H23ClFN3S.